The molecule has 50 heavy (non-hydrogen) atoms. The molecule has 0 aliphatic heterocycles. The van der Waals surface area contributed by atoms with Crippen LogP contribution in [0.15, 0.2) is 24.4 Å². The number of hydrogen-bond acceptors (Lipinski definition) is 8. The molecule has 10 heteroatoms. The van der Waals surface area contributed by atoms with Crippen LogP contribution in [0.25, 0.3) is 10.2 Å². The third-order valence-corrected chi connectivity index (χ3v) is 11.5. The number of nitrogens with zero attached hydrogens (tertiary/aromatic N) is 2. The van der Waals surface area contributed by atoms with E-state index in [-0.39, 0.29) is 17.2 Å². The molecule has 8 nitrogen and oxygen atoms in total. The smallest absolute Gasteiger partial charge is 0.252 e. The summed E-state index contributed by atoms with van der Waals surface area (Å²) in [6.45, 7) is 15.9. The number of nitrogens with one attached hydrogen (secondary N) is 1. The molecule has 3 saturated carbocycles. The molecule has 3 atom stereocenters. The number of hydrogen-bond donors (Lipinski definition) is 1. The Bertz CT molecular complexity index is 1530. The van der Waals surface area contributed by atoms with Crippen molar-refractivity contribution in [3.8, 4) is 11.6 Å². The molecule has 0 spiro atoms. The number of pyridine rings is 1. The zero-order valence-corrected chi connectivity index (χ0v) is 32.9. The molecule has 2 aromatic heterocycles. The molecule has 3 aromatic rings. The maximum Gasteiger partial charge on any atom is 0.252 e. The minimum Gasteiger partial charge on any atom is -0.496 e. The fourth-order valence-electron chi connectivity index (χ4n) is 6.99. The van der Waals surface area contributed by atoms with Crippen molar-refractivity contribution in [1.29, 1.82) is 0 Å². The summed E-state index contributed by atoms with van der Waals surface area (Å²) in [5.74, 6) is 3.50. The Labute approximate surface area is 303 Å². The van der Waals surface area contributed by atoms with Crippen LogP contribution in [-0.4, -0.2) is 60.8 Å². The third-order valence-electron chi connectivity index (χ3n) is 10.5. The molecule has 278 valence electrons. The minimum atomic E-state index is -0.984. The molecular weight excluding hydrogens is 654 g/mol. The molecule has 6 rings (SSSR count). The monoisotopic (exact) mass is 713 g/mol. The van der Waals surface area contributed by atoms with Crippen LogP contribution in [0.5, 0.6) is 11.6 Å². The van der Waals surface area contributed by atoms with Crippen LogP contribution in [0.3, 0.4) is 0 Å². The molecule has 1 amide bonds. The van der Waals surface area contributed by atoms with Crippen LogP contribution < -0.4 is 14.8 Å². The number of methoxy groups -OCH3 is 3. The number of carbonyl (C=O) groups excluding carboxylic acids is 2. The van der Waals surface area contributed by atoms with Gasteiger partial charge in [-0.3, -0.25) is 9.59 Å². The predicted octanol–water partition coefficient (Wildman–Crippen LogP) is 9.88. The first-order chi connectivity index (χ1) is 23.7. The van der Waals surface area contributed by atoms with E-state index in [1.807, 2.05) is 32.9 Å². The highest BCUT2D eigenvalue weighted by Gasteiger charge is 2.49. The van der Waals surface area contributed by atoms with Crippen molar-refractivity contribution in [3.63, 3.8) is 0 Å². The highest BCUT2D eigenvalue weighted by molar-refractivity contribution is 7.19. The van der Waals surface area contributed by atoms with E-state index in [9.17, 15) is 14.0 Å². The molecule has 1 aromatic carbocycles. The van der Waals surface area contributed by atoms with Gasteiger partial charge in [-0.25, -0.2) is 14.4 Å². The van der Waals surface area contributed by atoms with E-state index < -0.39 is 5.67 Å². The number of halogens is 1. The number of aryl methyl sites for hydroxylation is 2. The van der Waals surface area contributed by atoms with E-state index in [0.717, 1.165) is 64.9 Å². The molecule has 3 aliphatic rings. The van der Waals surface area contributed by atoms with E-state index >= 15 is 0 Å². The standard InChI is InChI=1S/C16H21FN2O2.C13H15NO2S.C11H24O/c1-11-10-18-13(21-2)9-12(11)14(20)19-16-6-3-15(17,4-7-16)5-8-16;1-4-5-10(15)12-11(16-3)7-6-9-13(12)17-8(2)14-9;1-6-10(3)11(4)7-9(2)8-12-5/h9-10H,3-8H2,1-2H3,(H,19,20);6-7H,4-5H2,1-3H3;9-11H,6-8H2,1-5H3. The average molecular weight is 714 g/mol. The van der Waals surface area contributed by atoms with Gasteiger partial charge in [0.1, 0.15) is 11.4 Å². The predicted molar refractivity (Wildman–Crippen MR) is 202 cm³/mol. The second-order valence-electron chi connectivity index (χ2n) is 14.5. The van der Waals surface area contributed by atoms with E-state index in [0.29, 0.717) is 54.4 Å². The molecule has 3 fully saturated rings. The van der Waals surface area contributed by atoms with Gasteiger partial charge in [0, 0.05) is 43.5 Å². The summed E-state index contributed by atoms with van der Waals surface area (Å²) in [5.41, 5.74) is 1.76. The third kappa shape index (κ3) is 10.9. The number of fused-ring (bicyclic) bond motifs is 4. The highest BCUT2D eigenvalue weighted by atomic mass is 32.1. The molecule has 2 bridgehead atoms. The largest absolute Gasteiger partial charge is 0.496 e. The van der Waals surface area contributed by atoms with Gasteiger partial charge in [-0.05, 0) is 101 Å². The average Bonchev–Trinajstić information content (AvgIpc) is 3.49. The first-order valence-electron chi connectivity index (χ1n) is 18.2. The lowest BCUT2D eigenvalue weighted by Gasteiger charge is -2.50. The fourth-order valence-corrected chi connectivity index (χ4v) is 7.96. The van der Waals surface area contributed by atoms with Gasteiger partial charge in [0.15, 0.2) is 5.78 Å². The van der Waals surface area contributed by atoms with Crippen molar-refractivity contribution in [1.82, 2.24) is 15.3 Å². The van der Waals surface area contributed by atoms with Crippen molar-refractivity contribution < 1.29 is 28.2 Å². The minimum absolute atomic E-state index is 0.110. The first kappa shape index (κ1) is 41.3. The lowest BCUT2D eigenvalue weighted by molar-refractivity contribution is -0.00652. The Hall–Kier alpha value is -3.11. The Morgan fingerprint density at radius 2 is 1.64 bits per heavy atom. The summed E-state index contributed by atoms with van der Waals surface area (Å²) in [4.78, 5) is 33.2. The SMILES string of the molecule is CCC(C)C(C)CC(C)COC.CCCC(=O)c1c(OC)ccc2nc(C)sc12.COc1cc(C(=O)NC23CCC(F)(CC2)CC3)c(C)cn1. The number of benzene rings is 1. The number of Topliss-reactive ketones (excluding diaryl/α,β-unsaturated/α-hetero) is 1. The molecule has 2 heterocycles. The quantitative estimate of drug-likeness (QED) is 0.176. The topological polar surface area (TPSA) is 99.6 Å². The Morgan fingerprint density at radius 1 is 0.980 bits per heavy atom. The number of alkyl halides is 1. The Morgan fingerprint density at radius 3 is 2.20 bits per heavy atom. The zero-order valence-electron chi connectivity index (χ0n) is 32.0. The summed E-state index contributed by atoms with van der Waals surface area (Å²) < 4.78 is 30.6. The van der Waals surface area contributed by atoms with Crippen LogP contribution in [0, 0.1) is 31.6 Å². The van der Waals surface area contributed by atoms with Gasteiger partial charge in [0.2, 0.25) is 5.88 Å². The van der Waals surface area contributed by atoms with Crippen LogP contribution in [0.2, 0.25) is 0 Å². The number of carbonyl (C=O) groups is 2. The molecule has 0 saturated heterocycles. The number of ether oxygens (including phenoxy) is 3. The number of ketones is 1. The first-order valence-corrected chi connectivity index (χ1v) is 19.0. The summed E-state index contributed by atoms with van der Waals surface area (Å²) in [6, 6.07) is 5.39. The fraction of sp³-hybridized carbons (Fsp3) is 0.650. The van der Waals surface area contributed by atoms with Gasteiger partial charge >= 0.3 is 0 Å². The van der Waals surface area contributed by atoms with Crippen molar-refractivity contribution >= 4 is 33.2 Å². The summed E-state index contributed by atoms with van der Waals surface area (Å²) in [5, 5.41) is 4.13. The van der Waals surface area contributed by atoms with Crippen molar-refractivity contribution in [2.75, 3.05) is 27.9 Å². The van der Waals surface area contributed by atoms with Crippen LogP contribution in [0.4, 0.5) is 4.39 Å². The molecule has 3 aliphatic carbocycles. The summed E-state index contributed by atoms with van der Waals surface area (Å²) in [6.07, 6.45) is 9.50. The maximum absolute atomic E-state index is 14.2. The highest BCUT2D eigenvalue weighted by Crippen LogP contribution is 2.49. The number of amides is 1. The van der Waals surface area contributed by atoms with Gasteiger partial charge in [0.25, 0.3) is 5.91 Å². The van der Waals surface area contributed by atoms with Gasteiger partial charge in [-0.2, -0.15) is 0 Å². The Balaban J connectivity index is 0.000000212. The van der Waals surface area contributed by atoms with Crippen molar-refractivity contribution in [2.24, 2.45) is 17.8 Å². The molecule has 0 radical (unpaired) electrons. The molecule has 3 unspecified atom stereocenters. The maximum atomic E-state index is 14.2. The Kier molecular flexibility index (Phi) is 15.6. The van der Waals surface area contributed by atoms with Gasteiger partial charge in [-0.15, -0.1) is 11.3 Å². The van der Waals surface area contributed by atoms with E-state index in [1.165, 1.54) is 20.0 Å². The molecule has 1 N–H and O–H groups in total. The van der Waals surface area contributed by atoms with Gasteiger partial charge in [-0.1, -0.05) is 41.0 Å². The van der Waals surface area contributed by atoms with Gasteiger partial charge < -0.3 is 19.5 Å². The second kappa shape index (κ2) is 18.9. The van der Waals surface area contributed by atoms with Crippen molar-refractivity contribution in [2.45, 2.75) is 124 Å². The summed E-state index contributed by atoms with van der Waals surface area (Å²) >= 11 is 1.55. The number of thiazole rings is 1. The van der Waals surface area contributed by atoms with Crippen LogP contribution in [0.1, 0.15) is 130 Å². The zero-order chi connectivity index (χ0) is 37.1. The van der Waals surface area contributed by atoms with E-state index in [1.54, 1.807) is 37.8 Å². The number of rotatable bonds is 13. The van der Waals surface area contributed by atoms with Crippen molar-refractivity contribution in [3.05, 3.63) is 46.1 Å². The van der Waals surface area contributed by atoms with E-state index in [4.69, 9.17) is 14.2 Å². The lowest BCUT2D eigenvalue weighted by Crippen LogP contribution is -2.57. The van der Waals surface area contributed by atoms with Crippen LogP contribution in [-0.2, 0) is 4.74 Å². The number of aromatic nitrogens is 2. The van der Waals surface area contributed by atoms with Crippen LogP contribution >= 0.6 is 11.3 Å². The molecular formula is C40H60FN3O5S. The van der Waals surface area contributed by atoms with E-state index in [2.05, 4.69) is 43.0 Å². The summed E-state index contributed by atoms with van der Waals surface area (Å²) in [7, 11) is 4.91. The second-order valence-corrected chi connectivity index (χ2v) is 15.7. The lowest BCUT2D eigenvalue weighted by atomic mass is 9.64. The normalized spacial score (nSPS) is 21.2. The van der Waals surface area contributed by atoms with Gasteiger partial charge in [0.05, 0.1) is 35.0 Å².